The largest absolute Gasteiger partial charge is 0.339 e. The van der Waals surface area contributed by atoms with E-state index in [9.17, 15) is 9.59 Å². The van der Waals surface area contributed by atoms with E-state index >= 15 is 0 Å². The van der Waals surface area contributed by atoms with Crippen molar-refractivity contribution in [2.45, 2.75) is 22.8 Å². The quantitative estimate of drug-likeness (QED) is 0.523. The topological polar surface area (TPSA) is 62.3 Å². The van der Waals surface area contributed by atoms with E-state index in [1.165, 1.54) is 11.8 Å². The van der Waals surface area contributed by atoms with Crippen LogP contribution < -0.4 is 5.32 Å². The van der Waals surface area contributed by atoms with Gasteiger partial charge >= 0.3 is 0 Å². The molecule has 0 bridgehead atoms. The fourth-order valence-electron chi connectivity index (χ4n) is 3.28. The number of halogens is 1. The molecule has 0 aliphatic carbocycles. The van der Waals surface area contributed by atoms with Crippen LogP contribution in [-0.4, -0.2) is 34.8 Å². The van der Waals surface area contributed by atoms with Crippen LogP contribution in [0.5, 0.6) is 0 Å². The zero-order valence-corrected chi connectivity index (χ0v) is 18.6. The first-order chi connectivity index (χ1) is 14.6. The Morgan fingerprint density at radius 2 is 1.70 bits per heavy atom. The summed E-state index contributed by atoms with van der Waals surface area (Å²) in [5.41, 5.74) is 1.87. The molecule has 2 aromatic carbocycles. The molecular formula is C23H20BrN3O2S. The third-order valence-electron chi connectivity index (χ3n) is 4.83. The fourth-order valence-corrected chi connectivity index (χ4v) is 4.39. The number of nitrogens with one attached hydrogen (secondary N) is 1. The molecule has 4 rings (SSSR count). The van der Waals surface area contributed by atoms with Crippen molar-refractivity contribution >= 4 is 45.2 Å². The molecule has 3 aromatic rings. The Kier molecular flexibility index (Phi) is 6.50. The van der Waals surface area contributed by atoms with Gasteiger partial charge in [-0.3, -0.25) is 9.59 Å². The van der Waals surface area contributed by atoms with Crippen LogP contribution in [0.1, 0.15) is 33.6 Å². The second-order valence-electron chi connectivity index (χ2n) is 6.94. The summed E-state index contributed by atoms with van der Waals surface area (Å²) in [5.74, 6) is -0.150. The highest BCUT2D eigenvalue weighted by molar-refractivity contribution is 9.10. The summed E-state index contributed by atoms with van der Waals surface area (Å²) in [6.45, 7) is 1.64. The number of amides is 2. The zero-order valence-electron chi connectivity index (χ0n) is 16.2. The van der Waals surface area contributed by atoms with Gasteiger partial charge in [0.05, 0.1) is 5.56 Å². The Bertz CT molecular complexity index is 1050. The first-order valence-corrected chi connectivity index (χ1v) is 11.3. The molecular weight excluding hydrogens is 462 g/mol. The van der Waals surface area contributed by atoms with Crippen molar-refractivity contribution in [3.05, 3.63) is 82.5 Å². The summed E-state index contributed by atoms with van der Waals surface area (Å²) in [4.78, 5) is 32.4. The maximum atomic E-state index is 12.9. The van der Waals surface area contributed by atoms with Gasteiger partial charge < -0.3 is 10.2 Å². The van der Waals surface area contributed by atoms with E-state index in [1.54, 1.807) is 36.5 Å². The number of likely N-dealkylation sites (tertiary alicyclic amines) is 1. The minimum atomic E-state index is -0.200. The first kappa shape index (κ1) is 20.6. The van der Waals surface area contributed by atoms with Gasteiger partial charge in [-0.25, -0.2) is 4.98 Å². The molecule has 0 saturated carbocycles. The van der Waals surface area contributed by atoms with Gasteiger partial charge in [-0.1, -0.05) is 23.9 Å². The predicted molar refractivity (Wildman–Crippen MR) is 122 cm³/mol. The minimum absolute atomic E-state index is 0.0501. The summed E-state index contributed by atoms with van der Waals surface area (Å²) in [6.07, 6.45) is 3.86. The molecule has 0 unspecified atom stereocenters. The zero-order chi connectivity index (χ0) is 20.9. The third kappa shape index (κ3) is 4.91. The van der Waals surface area contributed by atoms with Crippen LogP contribution in [0.4, 0.5) is 5.69 Å². The fraction of sp³-hybridized carbons (Fsp3) is 0.174. The number of anilines is 1. The SMILES string of the molecule is O=C(Nc1ccc(C(=O)N2CCCC2)cc1)c1ccccc1Sc1ccc(Br)cn1. The lowest BCUT2D eigenvalue weighted by molar-refractivity contribution is 0.0792. The van der Waals surface area contributed by atoms with Gasteiger partial charge in [0.1, 0.15) is 5.03 Å². The number of rotatable bonds is 5. The lowest BCUT2D eigenvalue weighted by atomic mass is 10.1. The third-order valence-corrected chi connectivity index (χ3v) is 6.33. The number of nitrogens with zero attached hydrogens (tertiary/aromatic N) is 2. The molecule has 5 nitrogen and oxygen atoms in total. The average Bonchev–Trinajstić information content (AvgIpc) is 3.31. The van der Waals surface area contributed by atoms with Crippen LogP contribution in [0.15, 0.2) is 81.3 Å². The Balaban J connectivity index is 1.46. The molecule has 1 fully saturated rings. The number of hydrogen-bond donors (Lipinski definition) is 1. The molecule has 0 spiro atoms. The monoisotopic (exact) mass is 481 g/mol. The van der Waals surface area contributed by atoms with Crippen LogP contribution in [0.2, 0.25) is 0 Å². The molecule has 2 amide bonds. The van der Waals surface area contributed by atoms with Crippen molar-refractivity contribution in [1.82, 2.24) is 9.88 Å². The van der Waals surface area contributed by atoms with Gasteiger partial charge in [0.2, 0.25) is 0 Å². The summed E-state index contributed by atoms with van der Waals surface area (Å²) >= 11 is 4.82. The van der Waals surface area contributed by atoms with E-state index in [4.69, 9.17) is 0 Å². The Labute approximate surface area is 188 Å². The Morgan fingerprint density at radius 3 is 2.40 bits per heavy atom. The van der Waals surface area contributed by atoms with E-state index in [-0.39, 0.29) is 11.8 Å². The molecule has 152 valence electrons. The van der Waals surface area contributed by atoms with Crippen LogP contribution >= 0.6 is 27.7 Å². The van der Waals surface area contributed by atoms with Gasteiger partial charge in [-0.2, -0.15) is 0 Å². The van der Waals surface area contributed by atoms with Crippen molar-refractivity contribution in [3.63, 3.8) is 0 Å². The van der Waals surface area contributed by atoms with Crippen LogP contribution in [0.3, 0.4) is 0 Å². The highest BCUT2D eigenvalue weighted by atomic mass is 79.9. The predicted octanol–water partition coefficient (Wildman–Crippen LogP) is 5.48. The van der Waals surface area contributed by atoms with Gasteiger partial charge in [-0.15, -0.1) is 0 Å². The molecule has 1 aliphatic rings. The minimum Gasteiger partial charge on any atom is -0.339 e. The maximum Gasteiger partial charge on any atom is 0.256 e. The number of pyridine rings is 1. The Hall–Kier alpha value is -2.64. The highest BCUT2D eigenvalue weighted by Crippen LogP contribution is 2.30. The first-order valence-electron chi connectivity index (χ1n) is 9.69. The van der Waals surface area contributed by atoms with Gasteiger partial charge in [0.25, 0.3) is 11.8 Å². The van der Waals surface area contributed by atoms with E-state index in [2.05, 4.69) is 26.2 Å². The van der Waals surface area contributed by atoms with E-state index < -0.39 is 0 Å². The van der Waals surface area contributed by atoms with Crippen LogP contribution in [0, 0.1) is 0 Å². The summed E-state index contributed by atoms with van der Waals surface area (Å²) in [7, 11) is 0. The molecule has 1 N–H and O–H groups in total. The molecule has 1 saturated heterocycles. The number of carbonyl (C=O) groups is 2. The number of hydrogen-bond acceptors (Lipinski definition) is 4. The lowest BCUT2D eigenvalue weighted by Crippen LogP contribution is -2.27. The Morgan fingerprint density at radius 1 is 0.967 bits per heavy atom. The summed E-state index contributed by atoms with van der Waals surface area (Å²) < 4.78 is 0.907. The average molecular weight is 482 g/mol. The smallest absolute Gasteiger partial charge is 0.256 e. The van der Waals surface area contributed by atoms with E-state index in [0.29, 0.717) is 16.8 Å². The molecule has 30 heavy (non-hydrogen) atoms. The molecule has 2 heterocycles. The van der Waals surface area contributed by atoms with Crippen molar-refractivity contribution in [2.75, 3.05) is 18.4 Å². The molecule has 0 atom stereocenters. The standard InChI is InChI=1S/C23H20BrN3O2S/c24-17-9-12-21(25-15-17)30-20-6-2-1-5-19(20)22(28)26-18-10-7-16(8-11-18)23(29)27-13-3-4-14-27/h1-2,5-12,15H,3-4,13-14H2,(H,26,28). The van der Waals surface area contributed by atoms with Crippen molar-refractivity contribution in [1.29, 1.82) is 0 Å². The molecule has 1 aromatic heterocycles. The van der Waals surface area contributed by atoms with Crippen LogP contribution in [0.25, 0.3) is 0 Å². The summed E-state index contributed by atoms with van der Waals surface area (Å²) in [5, 5.41) is 3.73. The molecule has 0 radical (unpaired) electrons. The second-order valence-corrected chi connectivity index (χ2v) is 8.92. The lowest BCUT2D eigenvalue weighted by Gasteiger charge is -2.15. The number of carbonyl (C=O) groups excluding carboxylic acids is 2. The van der Waals surface area contributed by atoms with E-state index in [0.717, 1.165) is 40.3 Å². The molecule has 7 heteroatoms. The van der Waals surface area contributed by atoms with Gasteiger partial charge in [0.15, 0.2) is 0 Å². The number of aromatic nitrogens is 1. The van der Waals surface area contributed by atoms with Crippen molar-refractivity contribution in [2.24, 2.45) is 0 Å². The normalized spacial score (nSPS) is 13.3. The highest BCUT2D eigenvalue weighted by Gasteiger charge is 2.19. The van der Waals surface area contributed by atoms with Crippen molar-refractivity contribution < 1.29 is 9.59 Å². The van der Waals surface area contributed by atoms with Gasteiger partial charge in [-0.05, 0) is 77.3 Å². The number of benzene rings is 2. The second kappa shape index (κ2) is 9.45. The summed E-state index contributed by atoms with van der Waals surface area (Å²) in [6, 6.07) is 18.3. The van der Waals surface area contributed by atoms with E-state index in [1.807, 2.05) is 35.2 Å². The van der Waals surface area contributed by atoms with Crippen molar-refractivity contribution in [3.8, 4) is 0 Å². The molecule has 1 aliphatic heterocycles. The van der Waals surface area contributed by atoms with Gasteiger partial charge in [0, 0.05) is 39.9 Å². The maximum absolute atomic E-state index is 12.9. The van der Waals surface area contributed by atoms with Crippen LogP contribution in [-0.2, 0) is 0 Å².